The Hall–Kier alpha value is 0.660. The molecule has 2 atom stereocenters. The molecule has 11 heavy (non-hydrogen) atoms. The van der Waals surface area contributed by atoms with Gasteiger partial charge in [-0.3, -0.25) is 0 Å². The van der Waals surface area contributed by atoms with E-state index in [1.165, 1.54) is 24.6 Å². The second kappa shape index (κ2) is 5.33. The molecule has 1 rings (SSSR count). The van der Waals surface area contributed by atoms with E-state index in [9.17, 15) is 0 Å². The molecule has 1 aliphatic heterocycles. The molecule has 1 fully saturated rings. The van der Waals surface area contributed by atoms with Crippen LogP contribution in [0, 0.1) is 5.92 Å². The summed E-state index contributed by atoms with van der Waals surface area (Å²) in [5.41, 5.74) is 0. The first-order valence-corrected chi connectivity index (χ1v) is 6.64. The second-order valence-electron chi connectivity index (χ2n) is 2.87. The van der Waals surface area contributed by atoms with Crippen molar-refractivity contribution in [2.75, 3.05) is 30.9 Å². The van der Waals surface area contributed by atoms with Gasteiger partial charge in [-0.2, -0.15) is 23.5 Å². The average molecular weight is 191 g/mol. The molecule has 1 saturated heterocycles. The van der Waals surface area contributed by atoms with Crippen LogP contribution in [-0.2, 0) is 0 Å². The Kier molecular flexibility index (Phi) is 4.72. The zero-order valence-electron chi connectivity index (χ0n) is 7.30. The summed E-state index contributed by atoms with van der Waals surface area (Å²) < 4.78 is 0. The van der Waals surface area contributed by atoms with E-state index < -0.39 is 0 Å². The van der Waals surface area contributed by atoms with Crippen molar-refractivity contribution in [2.45, 2.75) is 12.2 Å². The van der Waals surface area contributed by atoms with Crippen LogP contribution in [0.3, 0.4) is 0 Å². The second-order valence-corrected chi connectivity index (χ2v) is 5.29. The van der Waals surface area contributed by atoms with Crippen molar-refractivity contribution in [1.29, 1.82) is 0 Å². The molecule has 1 heterocycles. The lowest BCUT2D eigenvalue weighted by Gasteiger charge is -2.15. The minimum absolute atomic E-state index is 0.882. The van der Waals surface area contributed by atoms with Gasteiger partial charge in [0.1, 0.15) is 0 Å². The highest BCUT2D eigenvalue weighted by Gasteiger charge is 2.25. The summed E-state index contributed by atoms with van der Waals surface area (Å²) in [6, 6.07) is 0. The molecular formula is C8H17NS2. The maximum atomic E-state index is 3.46. The molecule has 0 amide bonds. The van der Waals surface area contributed by atoms with Crippen LogP contribution in [0.15, 0.2) is 0 Å². The van der Waals surface area contributed by atoms with Crippen molar-refractivity contribution >= 4 is 23.5 Å². The first kappa shape index (κ1) is 9.75. The Bertz CT molecular complexity index is 96.3. The smallest absolute Gasteiger partial charge is 0.0220 e. The van der Waals surface area contributed by atoms with Gasteiger partial charge in [-0.1, -0.05) is 6.92 Å². The molecular weight excluding hydrogens is 174 g/mol. The van der Waals surface area contributed by atoms with Gasteiger partial charge < -0.3 is 5.32 Å². The molecule has 0 aliphatic carbocycles. The lowest BCUT2D eigenvalue weighted by molar-refractivity contribution is 0.674. The van der Waals surface area contributed by atoms with E-state index in [0.29, 0.717) is 0 Å². The predicted octanol–water partition coefficient (Wildman–Crippen LogP) is 1.69. The van der Waals surface area contributed by atoms with Gasteiger partial charge in [0.15, 0.2) is 0 Å². The van der Waals surface area contributed by atoms with Crippen molar-refractivity contribution in [2.24, 2.45) is 5.92 Å². The molecule has 0 aromatic rings. The van der Waals surface area contributed by atoms with Gasteiger partial charge in [-0.05, 0) is 30.2 Å². The Morgan fingerprint density at radius 2 is 2.27 bits per heavy atom. The molecule has 66 valence electrons. The van der Waals surface area contributed by atoms with Gasteiger partial charge in [0.05, 0.1) is 0 Å². The number of hydrogen-bond acceptors (Lipinski definition) is 3. The van der Waals surface area contributed by atoms with E-state index >= 15 is 0 Å². The van der Waals surface area contributed by atoms with Crippen molar-refractivity contribution < 1.29 is 0 Å². The van der Waals surface area contributed by atoms with Crippen LogP contribution in [-0.4, -0.2) is 36.1 Å². The fourth-order valence-corrected chi connectivity index (χ4v) is 3.53. The predicted molar refractivity (Wildman–Crippen MR) is 56.7 cm³/mol. The normalized spacial score (nSPS) is 31.1. The van der Waals surface area contributed by atoms with Gasteiger partial charge in [0.2, 0.25) is 0 Å². The summed E-state index contributed by atoms with van der Waals surface area (Å²) in [6.07, 6.45) is 2.20. The summed E-state index contributed by atoms with van der Waals surface area (Å²) >= 11 is 4.09. The van der Waals surface area contributed by atoms with Gasteiger partial charge >= 0.3 is 0 Å². The lowest BCUT2D eigenvalue weighted by atomic mass is 10.1. The summed E-state index contributed by atoms with van der Waals surface area (Å²) in [4.78, 5) is 0. The number of nitrogens with one attached hydrogen (secondary N) is 1. The molecule has 2 unspecified atom stereocenters. The first-order valence-electron chi connectivity index (χ1n) is 4.19. The third-order valence-electron chi connectivity index (χ3n) is 2.04. The van der Waals surface area contributed by atoms with E-state index in [1.54, 1.807) is 0 Å². The molecule has 0 saturated carbocycles. The zero-order valence-corrected chi connectivity index (χ0v) is 8.93. The van der Waals surface area contributed by atoms with Crippen LogP contribution in [0.2, 0.25) is 0 Å². The molecule has 0 spiro atoms. The maximum Gasteiger partial charge on any atom is 0.0220 e. The van der Waals surface area contributed by atoms with Crippen LogP contribution in [0.4, 0.5) is 0 Å². The highest BCUT2D eigenvalue weighted by molar-refractivity contribution is 8.00. The van der Waals surface area contributed by atoms with Crippen molar-refractivity contribution in [3.8, 4) is 0 Å². The lowest BCUT2D eigenvalue weighted by Crippen LogP contribution is -2.17. The van der Waals surface area contributed by atoms with Crippen molar-refractivity contribution in [1.82, 2.24) is 5.32 Å². The average Bonchev–Trinajstić information content (AvgIpc) is 2.39. The fraction of sp³-hybridized carbons (Fsp3) is 1.00. The Morgan fingerprint density at radius 1 is 1.45 bits per heavy atom. The molecule has 0 aromatic carbocycles. The van der Waals surface area contributed by atoms with Gasteiger partial charge in [0, 0.05) is 11.8 Å². The molecule has 3 heteroatoms. The number of hydrogen-bond donors (Lipinski definition) is 1. The summed E-state index contributed by atoms with van der Waals surface area (Å²) in [5.74, 6) is 3.50. The minimum Gasteiger partial charge on any atom is -0.315 e. The molecule has 0 radical (unpaired) electrons. The molecule has 1 N–H and O–H groups in total. The number of rotatable bonds is 4. The molecule has 1 aliphatic rings. The Balaban J connectivity index is 2.25. The third kappa shape index (κ3) is 2.88. The zero-order chi connectivity index (χ0) is 8.10. The van der Waals surface area contributed by atoms with Gasteiger partial charge in [0.25, 0.3) is 0 Å². The largest absolute Gasteiger partial charge is 0.315 e. The first-order chi connectivity index (χ1) is 5.38. The van der Waals surface area contributed by atoms with Crippen molar-refractivity contribution in [3.05, 3.63) is 0 Å². The third-order valence-corrected chi connectivity index (χ3v) is 4.11. The summed E-state index contributed by atoms with van der Waals surface area (Å²) in [6.45, 7) is 4.71. The Morgan fingerprint density at radius 3 is 2.91 bits per heavy atom. The molecule has 0 bridgehead atoms. The minimum atomic E-state index is 0.882. The summed E-state index contributed by atoms with van der Waals surface area (Å²) in [7, 11) is 0. The molecule has 1 nitrogen and oxygen atoms in total. The van der Waals surface area contributed by atoms with Crippen LogP contribution >= 0.6 is 23.5 Å². The van der Waals surface area contributed by atoms with Crippen LogP contribution in [0.25, 0.3) is 0 Å². The van der Waals surface area contributed by atoms with Crippen LogP contribution < -0.4 is 5.32 Å². The van der Waals surface area contributed by atoms with Crippen molar-refractivity contribution in [3.63, 3.8) is 0 Å². The van der Waals surface area contributed by atoms with E-state index in [2.05, 4.69) is 30.3 Å². The van der Waals surface area contributed by atoms with Crippen LogP contribution in [0.1, 0.15) is 6.92 Å². The number of thioether (sulfide) groups is 2. The highest BCUT2D eigenvalue weighted by Crippen LogP contribution is 2.25. The SMILES string of the molecule is CCSC1CNCC1CSC. The topological polar surface area (TPSA) is 12.0 Å². The quantitative estimate of drug-likeness (QED) is 0.726. The molecule has 0 aromatic heterocycles. The standard InChI is InChI=1S/C8H17NS2/c1-3-11-8-5-9-4-7(8)6-10-2/h7-9H,3-6H2,1-2H3. The fourth-order valence-electron chi connectivity index (χ4n) is 1.50. The monoisotopic (exact) mass is 191 g/mol. The van der Waals surface area contributed by atoms with Gasteiger partial charge in [-0.25, -0.2) is 0 Å². The van der Waals surface area contributed by atoms with E-state index in [-0.39, 0.29) is 0 Å². The van der Waals surface area contributed by atoms with E-state index in [1.807, 2.05) is 11.8 Å². The van der Waals surface area contributed by atoms with Crippen LogP contribution in [0.5, 0.6) is 0 Å². The van der Waals surface area contributed by atoms with Gasteiger partial charge in [-0.15, -0.1) is 0 Å². The van der Waals surface area contributed by atoms with E-state index in [4.69, 9.17) is 0 Å². The summed E-state index contributed by atoms with van der Waals surface area (Å²) in [5, 5.41) is 4.34. The maximum absolute atomic E-state index is 3.46. The highest BCUT2D eigenvalue weighted by atomic mass is 32.2. The van der Waals surface area contributed by atoms with E-state index in [0.717, 1.165) is 11.2 Å². The Labute approximate surface area is 78.1 Å².